The Kier molecular flexibility index (Phi) is 9.77. The molecule has 1 heterocycles. The van der Waals surface area contributed by atoms with Gasteiger partial charge in [0, 0.05) is 16.0 Å². The molecule has 0 spiro atoms. The van der Waals surface area contributed by atoms with Crippen molar-refractivity contribution < 1.29 is 15.0 Å². The van der Waals surface area contributed by atoms with Gasteiger partial charge in [-0.25, -0.2) is 4.79 Å². The topological polar surface area (TPSA) is 57.5 Å². The minimum atomic E-state index is -0.849. The number of aliphatic hydroxyl groups is 1. The van der Waals surface area contributed by atoms with Crippen LogP contribution in [-0.4, -0.2) is 16.2 Å². The second-order valence-electron chi connectivity index (χ2n) is 9.84. The predicted octanol–water partition coefficient (Wildman–Crippen LogP) is 8.30. The summed E-state index contributed by atoms with van der Waals surface area (Å²) >= 11 is 1.38. The number of aliphatic hydroxyl groups excluding tert-OH is 1. The van der Waals surface area contributed by atoms with Crippen molar-refractivity contribution in [1.82, 2.24) is 0 Å². The van der Waals surface area contributed by atoms with Gasteiger partial charge in [0.25, 0.3) is 0 Å². The molecule has 1 aromatic heterocycles. The zero-order valence-electron chi connectivity index (χ0n) is 21.6. The van der Waals surface area contributed by atoms with E-state index in [1.807, 2.05) is 36.4 Å². The van der Waals surface area contributed by atoms with Gasteiger partial charge in [-0.3, -0.25) is 0 Å². The molecule has 3 aromatic rings. The fourth-order valence-electron chi connectivity index (χ4n) is 5.13. The second-order valence-corrected chi connectivity index (χ2v) is 11.0. The van der Waals surface area contributed by atoms with E-state index >= 15 is 0 Å². The number of allylic oxidation sites excluding steroid dienone is 2. The normalized spacial score (nSPS) is 15.9. The molecule has 37 heavy (non-hydrogen) atoms. The number of carboxylic acid groups (broad SMARTS) is 1. The Morgan fingerprint density at radius 3 is 2.49 bits per heavy atom. The van der Waals surface area contributed by atoms with E-state index in [2.05, 4.69) is 43.0 Å². The molecule has 4 heteroatoms. The molecular weight excluding hydrogens is 476 g/mol. The summed E-state index contributed by atoms with van der Waals surface area (Å²) in [4.78, 5) is 12.7. The van der Waals surface area contributed by atoms with Crippen LogP contribution in [0.15, 0.2) is 72.3 Å². The molecule has 192 valence electrons. The summed E-state index contributed by atoms with van der Waals surface area (Å²) in [5.41, 5.74) is 5.77. The Hall–Kier alpha value is -3.13. The van der Waals surface area contributed by atoms with Crippen LogP contribution in [0.1, 0.15) is 95.6 Å². The Balaban J connectivity index is 1.52. The Labute approximate surface area is 224 Å². The minimum absolute atomic E-state index is 0.409. The lowest BCUT2D eigenvalue weighted by molar-refractivity contribution is 0.0702. The molecule has 2 aromatic carbocycles. The summed E-state index contributed by atoms with van der Waals surface area (Å²) in [6.45, 7) is 2.18. The molecular formula is C33H36O3S. The average molecular weight is 513 g/mol. The Morgan fingerprint density at radius 2 is 1.78 bits per heavy atom. The first-order valence-corrected chi connectivity index (χ1v) is 14.3. The summed E-state index contributed by atoms with van der Waals surface area (Å²) in [6, 6.07) is 22.3. The van der Waals surface area contributed by atoms with Crippen molar-refractivity contribution in [3.63, 3.8) is 0 Å². The molecule has 0 radical (unpaired) electrons. The number of aryl methyl sites for hydroxylation is 1. The first-order valence-electron chi connectivity index (χ1n) is 13.5. The smallest absolute Gasteiger partial charge is 0.345 e. The van der Waals surface area contributed by atoms with Crippen LogP contribution in [0.2, 0.25) is 0 Å². The van der Waals surface area contributed by atoms with Crippen molar-refractivity contribution in [3.05, 3.63) is 98.7 Å². The number of aromatic carboxylic acids is 1. The van der Waals surface area contributed by atoms with Crippen molar-refractivity contribution in [2.45, 2.75) is 70.8 Å². The summed E-state index contributed by atoms with van der Waals surface area (Å²) in [7, 11) is 0. The third-order valence-corrected chi connectivity index (χ3v) is 8.28. The third-order valence-electron chi connectivity index (χ3n) is 7.14. The van der Waals surface area contributed by atoms with Gasteiger partial charge in [0.05, 0.1) is 6.10 Å². The molecule has 1 aliphatic carbocycles. The average Bonchev–Trinajstić information content (AvgIpc) is 3.56. The van der Waals surface area contributed by atoms with E-state index in [0.717, 1.165) is 73.8 Å². The Bertz CT molecular complexity index is 1260. The maximum atomic E-state index is 11.2. The maximum absolute atomic E-state index is 11.2. The lowest BCUT2D eigenvalue weighted by Gasteiger charge is -2.17. The van der Waals surface area contributed by atoms with Gasteiger partial charge in [-0.2, -0.15) is 0 Å². The van der Waals surface area contributed by atoms with E-state index in [0.29, 0.717) is 10.8 Å². The number of carbonyl (C=O) groups is 1. The summed E-state index contributed by atoms with van der Waals surface area (Å²) in [5, 5.41) is 19.8. The van der Waals surface area contributed by atoms with Crippen LogP contribution in [0.5, 0.6) is 0 Å². The number of unbranched alkanes of at least 4 members (excludes halogenated alkanes) is 2. The van der Waals surface area contributed by atoms with Crippen molar-refractivity contribution in [1.29, 1.82) is 0 Å². The van der Waals surface area contributed by atoms with E-state index in [-0.39, 0.29) is 0 Å². The van der Waals surface area contributed by atoms with Gasteiger partial charge in [-0.05, 0) is 85.4 Å². The first kappa shape index (κ1) is 26.9. The fourth-order valence-corrected chi connectivity index (χ4v) is 6.02. The molecule has 0 saturated carbocycles. The summed E-state index contributed by atoms with van der Waals surface area (Å²) in [6.07, 6.45) is 8.77. The molecule has 2 N–H and O–H groups in total. The SMILES string of the molecule is CCCCCC(O)c1ccc(C2=C(C#Cc3ccccc3)CCC2CCCc2ccc(C(=O)O)s2)cc1. The van der Waals surface area contributed by atoms with Crippen molar-refractivity contribution in [2.24, 2.45) is 5.92 Å². The molecule has 4 rings (SSSR count). The molecule has 1 aliphatic rings. The van der Waals surface area contributed by atoms with E-state index in [4.69, 9.17) is 0 Å². The van der Waals surface area contributed by atoms with Gasteiger partial charge in [0.2, 0.25) is 0 Å². The van der Waals surface area contributed by atoms with Crippen LogP contribution in [0.4, 0.5) is 0 Å². The highest BCUT2D eigenvalue weighted by Crippen LogP contribution is 2.42. The van der Waals surface area contributed by atoms with Crippen LogP contribution in [-0.2, 0) is 6.42 Å². The second kappa shape index (κ2) is 13.4. The zero-order valence-corrected chi connectivity index (χ0v) is 22.4. The number of hydrogen-bond acceptors (Lipinski definition) is 3. The number of rotatable bonds is 11. The van der Waals surface area contributed by atoms with Crippen LogP contribution in [0, 0.1) is 17.8 Å². The van der Waals surface area contributed by atoms with Crippen LogP contribution in [0.25, 0.3) is 5.57 Å². The molecule has 0 saturated heterocycles. The highest BCUT2D eigenvalue weighted by molar-refractivity contribution is 7.13. The van der Waals surface area contributed by atoms with Crippen molar-refractivity contribution in [2.75, 3.05) is 0 Å². The van der Waals surface area contributed by atoms with Gasteiger partial charge in [0.1, 0.15) is 4.88 Å². The Morgan fingerprint density at radius 1 is 1.00 bits per heavy atom. The van der Waals surface area contributed by atoms with E-state index in [1.165, 1.54) is 28.0 Å². The van der Waals surface area contributed by atoms with Crippen molar-refractivity contribution >= 4 is 22.9 Å². The minimum Gasteiger partial charge on any atom is -0.477 e. The van der Waals surface area contributed by atoms with Crippen LogP contribution in [0.3, 0.4) is 0 Å². The van der Waals surface area contributed by atoms with E-state index in [1.54, 1.807) is 6.07 Å². The van der Waals surface area contributed by atoms with Crippen LogP contribution >= 0.6 is 11.3 Å². The first-order chi connectivity index (χ1) is 18.0. The predicted molar refractivity (Wildman–Crippen MR) is 153 cm³/mol. The van der Waals surface area contributed by atoms with Gasteiger partial charge in [-0.15, -0.1) is 11.3 Å². The van der Waals surface area contributed by atoms with Gasteiger partial charge in [0.15, 0.2) is 0 Å². The van der Waals surface area contributed by atoms with Gasteiger partial charge in [-0.1, -0.05) is 80.5 Å². The fraction of sp³-hybridized carbons (Fsp3) is 0.364. The molecule has 2 atom stereocenters. The highest BCUT2D eigenvalue weighted by Gasteiger charge is 2.26. The highest BCUT2D eigenvalue weighted by atomic mass is 32.1. The number of benzene rings is 2. The third kappa shape index (κ3) is 7.44. The quantitative estimate of drug-likeness (QED) is 0.201. The standard InChI is InChI=1S/C33H36O3S/c1-2-3-5-13-30(34)25-16-18-28(19-17-25)32-26(11-8-12-29-22-23-31(37-29)33(35)36)20-21-27(32)15-14-24-9-6-4-7-10-24/h4,6-7,9-10,16-19,22-23,26,30,34H,2-3,5,8,11-13,20-21H2,1H3,(H,35,36). The largest absolute Gasteiger partial charge is 0.477 e. The summed E-state index contributed by atoms with van der Waals surface area (Å²) < 4.78 is 0. The molecule has 0 bridgehead atoms. The van der Waals surface area contributed by atoms with Crippen molar-refractivity contribution in [3.8, 4) is 11.8 Å². The molecule has 0 aliphatic heterocycles. The van der Waals surface area contributed by atoms with E-state index < -0.39 is 12.1 Å². The number of carboxylic acids is 1. The molecule has 2 unspecified atom stereocenters. The lowest BCUT2D eigenvalue weighted by Crippen LogP contribution is -2.02. The molecule has 3 nitrogen and oxygen atoms in total. The summed E-state index contributed by atoms with van der Waals surface area (Å²) in [5.74, 6) is 6.43. The molecule has 0 amide bonds. The number of hydrogen-bond donors (Lipinski definition) is 2. The monoisotopic (exact) mass is 512 g/mol. The van der Waals surface area contributed by atoms with Gasteiger partial charge >= 0.3 is 5.97 Å². The van der Waals surface area contributed by atoms with E-state index in [9.17, 15) is 15.0 Å². The van der Waals surface area contributed by atoms with Gasteiger partial charge < -0.3 is 10.2 Å². The number of thiophene rings is 1. The molecule has 0 fully saturated rings. The maximum Gasteiger partial charge on any atom is 0.345 e. The lowest BCUT2D eigenvalue weighted by atomic mass is 9.88. The zero-order chi connectivity index (χ0) is 26.0. The van der Waals surface area contributed by atoms with Crippen LogP contribution < -0.4 is 0 Å².